The Hall–Kier alpha value is -2.41. The highest BCUT2D eigenvalue weighted by Crippen LogP contribution is 2.36. The molecular weight excluding hydrogens is 328 g/mol. The second kappa shape index (κ2) is 8.52. The van der Waals surface area contributed by atoms with Crippen molar-refractivity contribution in [1.29, 1.82) is 0 Å². The molecule has 0 N–H and O–H groups in total. The molecule has 0 saturated carbocycles. The minimum atomic E-state index is 0.605. The van der Waals surface area contributed by atoms with Gasteiger partial charge in [-0.3, -0.25) is 4.79 Å². The van der Waals surface area contributed by atoms with Gasteiger partial charge in [-0.15, -0.1) is 0 Å². The lowest BCUT2D eigenvalue weighted by Gasteiger charge is -2.14. The van der Waals surface area contributed by atoms with E-state index in [2.05, 4.69) is 54.6 Å². The Morgan fingerprint density at radius 2 is 1.26 bits per heavy atom. The number of hydrogen-bond donors (Lipinski definition) is 0. The zero-order chi connectivity index (χ0) is 18.5. The molecule has 4 aromatic rings. The van der Waals surface area contributed by atoms with E-state index in [9.17, 15) is 4.79 Å². The van der Waals surface area contributed by atoms with Crippen molar-refractivity contribution in [2.75, 3.05) is 0 Å². The molecule has 0 aliphatic rings. The van der Waals surface area contributed by atoms with Crippen LogP contribution in [0, 0.1) is 0 Å². The molecule has 0 saturated heterocycles. The molecule has 1 radical (unpaired) electrons. The summed E-state index contributed by atoms with van der Waals surface area (Å²) in [6.45, 7) is 0. The number of unbranched alkanes of at least 4 members (excludes halogenated alkanes) is 7. The highest BCUT2D eigenvalue weighted by atomic mass is 16.1. The second-order valence-corrected chi connectivity index (χ2v) is 7.70. The van der Waals surface area contributed by atoms with Gasteiger partial charge in [0.25, 0.3) is 0 Å². The van der Waals surface area contributed by atoms with Crippen LogP contribution in [0.1, 0.15) is 56.9 Å². The van der Waals surface area contributed by atoms with E-state index in [1.165, 1.54) is 76.4 Å². The summed E-state index contributed by atoms with van der Waals surface area (Å²) in [5.74, 6) is 0. The monoisotopic (exact) mass is 355 g/mol. The molecule has 4 aromatic carbocycles. The van der Waals surface area contributed by atoms with Crippen molar-refractivity contribution in [3.63, 3.8) is 0 Å². The maximum absolute atomic E-state index is 10.2. The van der Waals surface area contributed by atoms with Gasteiger partial charge in [0, 0.05) is 6.42 Å². The molecule has 0 bridgehead atoms. The normalized spacial score (nSPS) is 11.7. The second-order valence-electron chi connectivity index (χ2n) is 7.70. The van der Waals surface area contributed by atoms with Crippen molar-refractivity contribution >= 4 is 38.6 Å². The van der Waals surface area contributed by atoms with Gasteiger partial charge in [0.05, 0.1) is 0 Å². The van der Waals surface area contributed by atoms with E-state index in [1.54, 1.807) is 0 Å². The van der Waals surface area contributed by atoms with Crippen LogP contribution in [-0.2, 0) is 11.2 Å². The predicted molar refractivity (Wildman–Crippen MR) is 116 cm³/mol. The lowest BCUT2D eigenvalue weighted by Crippen LogP contribution is -1.92. The van der Waals surface area contributed by atoms with E-state index in [1.807, 2.05) is 6.29 Å². The fraction of sp³-hybridized carbons (Fsp3) is 0.346. The van der Waals surface area contributed by atoms with Gasteiger partial charge in [-0.25, -0.2) is 0 Å². The SMILES string of the molecule is O=[C]CCCCCCCCCc1cc2cccc3ccc4cccc1c4c32. The fourth-order valence-electron chi connectivity index (χ4n) is 4.44. The highest BCUT2D eigenvalue weighted by Gasteiger charge is 2.11. The number of hydrogen-bond acceptors (Lipinski definition) is 1. The zero-order valence-corrected chi connectivity index (χ0v) is 16.0. The molecule has 1 nitrogen and oxygen atoms in total. The van der Waals surface area contributed by atoms with Crippen LogP contribution in [0.25, 0.3) is 32.3 Å². The van der Waals surface area contributed by atoms with Crippen LogP contribution in [0.2, 0.25) is 0 Å². The summed E-state index contributed by atoms with van der Waals surface area (Å²) in [6, 6.07) is 20.3. The average Bonchev–Trinajstić information content (AvgIpc) is 2.71. The van der Waals surface area contributed by atoms with Gasteiger partial charge in [-0.05, 0) is 57.1 Å². The molecule has 137 valence electrons. The van der Waals surface area contributed by atoms with E-state index in [0.29, 0.717) is 6.42 Å². The third-order valence-corrected chi connectivity index (χ3v) is 5.82. The lowest BCUT2D eigenvalue weighted by atomic mass is 9.89. The van der Waals surface area contributed by atoms with E-state index in [4.69, 9.17) is 0 Å². The number of aryl methyl sites for hydroxylation is 1. The van der Waals surface area contributed by atoms with E-state index >= 15 is 0 Å². The highest BCUT2D eigenvalue weighted by molar-refractivity contribution is 6.23. The molecule has 0 aliphatic carbocycles. The van der Waals surface area contributed by atoms with Crippen molar-refractivity contribution in [1.82, 2.24) is 0 Å². The summed E-state index contributed by atoms with van der Waals surface area (Å²) in [7, 11) is 0. The van der Waals surface area contributed by atoms with Crippen molar-refractivity contribution in [3.05, 3.63) is 60.2 Å². The molecule has 0 amide bonds. The maximum Gasteiger partial charge on any atom is 0.198 e. The summed E-state index contributed by atoms with van der Waals surface area (Å²) >= 11 is 0. The summed E-state index contributed by atoms with van der Waals surface area (Å²) in [5.41, 5.74) is 1.49. The molecular formula is C26H27O. The Morgan fingerprint density at radius 3 is 2.04 bits per heavy atom. The number of benzene rings is 4. The van der Waals surface area contributed by atoms with Crippen LogP contribution in [0.15, 0.2) is 54.6 Å². The van der Waals surface area contributed by atoms with Gasteiger partial charge in [-0.1, -0.05) is 86.7 Å². The molecule has 0 aliphatic heterocycles. The summed E-state index contributed by atoms with van der Waals surface area (Å²) in [6.07, 6.45) is 12.3. The number of rotatable bonds is 10. The van der Waals surface area contributed by atoms with Crippen LogP contribution >= 0.6 is 0 Å². The first-order valence-corrected chi connectivity index (χ1v) is 10.4. The van der Waals surface area contributed by atoms with Gasteiger partial charge < -0.3 is 0 Å². The number of carbonyl (C=O) groups excluding carboxylic acids is 1. The lowest BCUT2D eigenvalue weighted by molar-refractivity contribution is 0.539. The van der Waals surface area contributed by atoms with E-state index in [-0.39, 0.29) is 0 Å². The topological polar surface area (TPSA) is 17.1 Å². The van der Waals surface area contributed by atoms with Crippen LogP contribution in [0.4, 0.5) is 0 Å². The van der Waals surface area contributed by atoms with Crippen molar-refractivity contribution < 1.29 is 4.79 Å². The van der Waals surface area contributed by atoms with E-state index < -0.39 is 0 Å². The summed E-state index contributed by atoms with van der Waals surface area (Å²) in [4.78, 5) is 10.2. The quantitative estimate of drug-likeness (QED) is 0.214. The minimum absolute atomic E-state index is 0.605. The largest absolute Gasteiger partial charge is 0.291 e. The third kappa shape index (κ3) is 3.83. The standard InChI is InChI=1S/C26H27O/c27-18-8-6-4-2-1-3-5-7-11-22-19-23-14-9-12-20-16-17-21-13-10-15-24(22)26(21)25(20)23/h9-10,12-17,19H,1-8,11H2. The average molecular weight is 356 g/mol. The molecule has 1 heteroatoms. The summed E-state index contributed by atoms with van der Waals surface area (Å²) < 4.78 is 0. The molecule has 0 aromatic heterocycles. The Kier molecular flexibility index (Phi) is 5.67. The zero-order valence-electron chi connectivity index (χ0n) is 16.0. The maximum atomic E-state index is 10.2. The first kappa shape index (κ1) is 18.0. The third-order valence-electron chi connectivity index (χ3n) is 5.82. The molecule has 0 spiro atoms. The Morgan fingerprint density at radius 1 is 0.630 bits per heavy atom. The van der Waals surface area contributed by atoms with Crippen molar-refractivity contribution in [2.45, 2.75) is 57.8 Å². The molecule has 0 fully saturated rings. The first-order valence-electron chi connectivity index (χ1n) is 10.4. The van der Waals surface area contributed by atoms with Gasteiger partial charge in [0.1, 0.15) is 0 Å². The van der Waals surface area contributed by atoms with Gasteiger partial charge in [0.2, 0.25) is 0 Å². The van der Waals surface area contributed by atoms with Crippen LogP contribution in [-0.4, -0.2) is 6.29 Å². The van der Waals surface area contributed by atoms with Crippen molar-refractivity contribution in [3.8, 4) is 0 Å². The van der Waals surface area contributed by atoms with E-state index in [0.717, 1.165) is 12.8 Å². The molecule has 0 atom stereocenters. The molecule has 27 heavy (non-hydrogen) atoms. The Labute approximate surface area is 161 Å². The summed E-state index contributed by atoms with van der Waals surface area (Å²) in [5, 5.41) is 8.36. The van der Waals surface area contributed by atoms with Gasteiger partial charge in [-0.2, -0.15) is 0 Å². The Bertz CT molecular complexity index is 1030. The van der Waals surface area contributed by atoms with Crippen LogP contribution in [0.5, 0.6) is 0 Å². The minimum Gasteiger partial charge on any atom is -0.291 e. The first-order chi connectivity index (χ1) is 13.4. The van der Waals surface area contributed by atoms with Crippen LogP contribution in [0.3, 0.4) is 0 Å². The fourth-order valence-corrected chi connectivity index (χ4v) is 4.44. The molecule has 4 rings (SSSR count). The molecule has 0 unspecified atom stereocenters. The van der Waals surface area contributed by atoms with Crippen molar-refractivity contribution in [2.24, 2.45) is 0 Å². The smallest absolute Gasteiger partial charge is 0.198 e. The van der Waals surface area contributed by atoms with Gasteiger partial charge in [0.15, 0.2) is 6.29 Å². The predicted octanol–water partition coefficient (Wildman–Crippen LogP) is 7.36. The Balaban J connectivity index is 1.45. The van der Waals surface area contributed by atoms with Crippen LogP contribution < -0.4 is 0 Å². The molecule has 0 heterocycles. The van der Waals surface area contributed by atoms with Gasteiger partial charge >= 0.3 is 0 Å².